The number of methoxy groups -OCH3 is 1. The minimum atomic E-state index is 0.304. The highest BCUT2D eigenvalue weighted by Crippen LogP contribution is 2.27. The van der Waals surface area contributed by atoms with Gasteiger partial charge in [0.25, 0.3) is 0 Å². The number of halogens is 1. The summed E-state index contributed by atoms with van der Waals surface area (Å²) in [6.45, 7) is 2.79. The topological polar surface area (TPSA) is 38.5 Å². The first-order valence-corrected chi connectivity index (χ1v) is 5.62. The van der Waals surface area contributed by atoms with Gasteiger partial charge in [0, 0.05) is 24.7 Å². The largest absolute Gasteiger partial charge is 0.397 e. The van der Waals surface area contributed by atoms with Crippen LogP contribution in [0.15, 0.2) is 22.7 Å². The maximum atomic E-state index is 5.94. The van der Waals surface area contributed by atoms with Gasteiger partial charge in [-0.1, -0.05) is 15.9 Å². The zero-order chi connectivity index (χ0) is 11.4. The molecule has 0 heterocycles. The Morgan fingerprint density at radius 2 is 2.20 bits per heavy atom. The normalized spacial score (nSPS) is 12.5. The van der Waals surface area contributed by atoms with E-state index in [1.165, 1.54) is 0 Å². The van der Waals surface area contributed by atoms with E-state index in [9.17, 15) is 0 Å². The molecular formula is C11H17BrN2O. The van der Waals surface area contributed by atoms with E-state index in [0.717, 1.165) is 15.8 Å². The van der Waals surface area contributed by atoms with Gasteiger partial charge in [-0.05, 0) is 25.1 Å². The molecule has 0 aliphatic heterocycles. The monoisotopic (exact) mass is 272 g/mol. The second-order valence-electron chi connectivity index (χ2n) is 3.62. The maximum absolute atomic E-state index is 5.94. The second-order valence-corrected chi connectivity index (χ2v) is 4.53. The highest BCUT2D eigenvalue weighted by molar-refractivity contribution is 9.10. The number of hydrogen-bond acceptors (Lipinski definition) is 3. The minimum absolute atomic E-state index is 0.304. The molecule has 15 heavy (non-hydrogen) atoms. The lowest BCUT2D eigenvalue weighted by molar-refractivity contribution is 0.183. The smallest absolute Gasteiger partial charge is 0.0663 e. The fourth-order valence-electron chi connectivity index (χ4n) is 1.44. The molecule has 4 heteroatoms. The standard InChI is InChI=1S/C11H17BrN2O/c1-8(7-15-3)14(2)11-5-4-9(12)6-10(11)13/h4-6,8H,7,13H2,1-3H3. The number of nitrogens with zero attached hydrogens (tertiary/aromatic N) is 1. The van der Waals surface area contributed by atoms with E-state index in [0.29, 0.717) is 12.6 Å². The number of likely N-dealkylation sites (N-methyl/N-ethyl adjacent to an activating group) is 1. The van der Waals surface area contributed by atoms with E-state index in [4.69, 9.17) is 10.5 Å². The molecule has 84 valence electrons. The molecule has 1 rings (SSSR count). The van der Waals surface area contributed by atoms with Crippen LogP contribution >= 0.6 is 15.9 Å². The summed E-state index contributed by atoms with van der Waals surface area (Å²) in [4.78, 5) is 2.12. The summed E-state index contributed by atoms with van der Waals surface area (Å²) < 4.78 is 6.11. The number of rotatable bonds is 4. The quantitative estimate of drug-likeness (QED) is 0.857. The zero-order valence-corrected chi connectivity index (χ0v) is 10.9. The maximum Gasteiger partial charge on any atom is 0.0663 e. The van der Waals surface area contributed by atoms with Crippen molar-refractivity contribution in [2.75, 3.05) is 31.4 Å². The van der Waals surface area contributed by atoms with E-state index in [2.05, 4.69) is 27.8 Å². The van der Waals surface area contributed by atoms with Crippen molar-refractivity contribution in [1.82, 2.24) is 0 Å². The van der Waals surface area contributed by atoms with Gasteiger partial charge in [-0.3, -0.25) is 0 Å². The molecule has 0 amide bonds. The van der Waals surface area contributed by atoms with Crippen molar-refractivity contribution >= 4 is 27.3 Å². The van der Waals surface area contributed by atoms with Crippen LogP contribution in [0.25, 0.3) is 0 Å². The molecule has 3 nitrogen and oxygen atoms in total. The molecule has 0 bridgehead atoms. The summed E-state index contributed by atoms with van der Waals surface area (Å²) in [5, 5.41) is 0. The molecule has 0 saturated heterocycles. The molecule has 1 aromatic rings. The van der Waals surface area contributed by atoms with Gasteiger partial charge < -0.3 is 15.4 Å². The summed E-state index contributed by atoms with van der Waals surface area (Å²) in [7, 11) is 3.72. The average molecular weight is 273 g/mol. The fourth-order valence-corrected chi connectivity index (χ4v) is 1.82. The van der Waals surface area contributed by atoms with Gasteiger partial charge >= 0.3 is 0 Å². The first-order valence-electron chi connectivity index (χ1n) is 4.83. The number of nitrogens with two attached hydrogens (primary N) is 1. The Balaban J connectivity index is 2.86. The molecule has 0 aliphatic carbocycles. The third-order valence-corrected chi connectivity index (χ3v) is 2.93. The highest BCUT2D eigenvalue weighted by Gasteiger charge is 2.12. The van der Waals surface area contributed by atoms with Crippen LogP contribution in [0.3, 0.4) is 0 Å². The van der Waals surface area contributed by atoms with E-state index in [1.807, 2.05) is 25.2 Å². The van der Waals surface area contributed by atoms with E-state index in [-0.39, 0.29) is 0 Å². The molecule has 1 aromatic carbocycles. The molecular weight excluding hydrogens is 256 g/mol. The number of hydrogen-bond donors (Lipinski definition) is 1. The predicted molar refractivity (Wildman–Crippen MR) is 68.3 cm³/mol. The van der Waals surface area contributed by atoms with Gasteiger partial charge in [0.2, 0.25) is 0 Å². The van der Waals surface area contributed by atoms with Crippen LogP contribution < -0.4 is 10.6 Å². The average Bonchev–Trinajstić information content (AvgIpc) is 2.17. The van der Waals surface area contributed by atoms with E-state index < -0.39 is 0 Å². The Hall–Kier alpha value is -0.740. The van der Waals surface area contributed by atoms with Crippen molar-refractivity contribution in [2.24, 2.45) is 0 Å². The van der Waals surface area contributed by atoms with Crippen LogP contribution in [0.4, 0.5) is 11.4 Å². The molecule has 1 atom stereocenters. The molecule has 0 saturated carbocycles. The van der Waals surface area contributed by atoms with Gasteiger partial charge in [-0.15, -0.1) is 0 Å². The molecule has 0 spiro atoms. The van der Waals surface area contributed by atoms with Gasteiger partial charge in [0.05, 0.1) is 18.0 Å². The molecule has 0 radical (unpaired) electrons. The summed E-state index contributed by atoms with van der Waals surface area (Å²) in [5.74, 6) is 0. The Morgan fingerprint density at radius 1 is 1.53 bits per heavy atom. The second kappa shape index (κ2) is 5.37. The van der Waals surface area contributed by atoms with E-state index >= 15 is 0 Å². The summed E-state index contributed by atoms with van der Waals surface area (Å²) in [5.41, 5.74) is 7.75. The molecule has 0 aliphatic rings. The Bertz CT molecular complexity index is 330. The van der Waals surface area contributed by atoms with Crippen molar-refractivity contribution in [3.8, 4) is 0 Å². The highest BCUT2D eigenvalue weighted by atomic mass is 79.9. The number of nitrogen functional groups attached to an aromatic ring is 1. The summed E-state index contributed by atoms with van der Waals surface area (Å²) in [6.07, 6.45) is 0. The Morgan fingerprint density at radius 3 is 2.73 bits per heavy atom. The molecule has 0 aromatic heterocycles. The molecule has 2 N–H and O–H groups in total. The number of benzene rings is 1. The van der Waals surface area contributed by atoms with Crippen molar-refractivity contribution in [2.45, 2.75) is 13.0 Å². The van der Waals surface area contributed by atoms with Gasteiger partial charge in [-0.25, -0.2) is 0 Å². The lowest BCUT2D eigenvalue weighted by Gasteiger charge is -2.27. The Kier molecular flexibility index (Phi) is 4.42. The summed E-state index contributed by atoms with van der Waals surface area (Å²) >= 11 is 3.39. The van der Waals surface area contributed by atoms with Crippen molar-refractivity contribution in [1.29, 1.82) is 0 Å². The third-order valence-electron chi connectivity index (χ3n) is 2.44. The van der Waals surface area contributed by atoms with Gasteiger partial charge in [0.15, 0.2) is 0 Å². The lowest BCUT2D eigenvalue weighted by atomic mass is 10.2. The first kappa shape index (κ1) is 12.3. The van der Waals surface area contributed by atoms with Crippen LogP contribution in [-0.4, -0.2) is 26.8 Å². The summed E-state index contributed by atoms with van der Waals surface area (Å²) in [6, 6.07) is 6.21. The SMILES string of the molecule is COCC(C)N(C)c1ccc(Br)cc1N. The minimum Gasteiger partial charge on any atom is -0.397 e. The van der Waals surface area contributed by atoms with Crippen LogP contribution in [0.5, 0.6) is 0 Å². The van der Waals surface area contributed by atoms with E-state index in [1.54, 1.807) is 7.11 Å². The predicted octanol–water partition coefficient (Wildman–Crippen LogP) is 2.50. The zero-order valence-electron chi connectivity index (χ0n) is 9.33. The molecule has 1 unspecified atom stereocenters. The van der Waals surface area contributed by atoms with Crippen molar-refractivity contribution in [3.63, 3.8) is 0 Å². The van der Waals surface area contributed by atoms with Crippen molar-refractivity contribution in [3.05, 3.63) is 22.7 Å². The van der Waals surface area contributed by atoms with Crippen molar-refractivity contribution < 1.29 is 4.74 Å². The first-order chi connectivity index (χ1) is 7.06. The third kappa shape index (κ3) is 3.11. The van der Waals surface area contributed by atoms with Gasteiger partial charge in [0.1, 0.15) is 0 Å². The Labute approximate surface area is 99.3 Å². The molecule has 0 fully saturated rings. The van der Waals surface area contributed by atoms with Crippen LogP contribution in [0.1, 0.15) is 6.92 Å². The number of anilines is 2. The van der Waals surface area contributed by atoms with Crippen LogP contribution in [-0.2, 0) is 4.74 Å². The van der Waals surface area contributed by atoms with Crippen LogP contribution in [0.2, 0.25) is 0 Å². The lowest BCUT2D eigenvalue weighted by Crippen LogP contribution is -2.33. The van der Waals surface area contributed by atoms with Crippen LogP contribution in [0, 0.1) is 0 Å². The fraction of sp³-hybridized carbons (Fsp3) is 0.455. The van der Waals surface area contributed by atoms with Gasteiger partial charge in [-0.2, -0.15) is 0 Å². The number of ether oxygens (including phenoxy) is 1.